The van der Waals surface area contributed by atoms with Gasteiger partial charge in [0.15, 0.2) is 0 Å². The molecule has 0 aromatic carbocycles. The molecule has 1 aliphatic rings. The van der Waals surface area contributed by atoms with E-state index in [9.17, 15) is 0 Å². The zero-order chi connectivity index (χ0) is 8.97. The molecular weight excluding hydrogens is 146 g/mol. The Kier molecular flexibility index (Phi) is 4.07. The quantitative estimate of drug-likeness (QED) is 0.625. The summed E-state index contributed by atoms with van der Waals surface area (Å²) < 4.78 is 0. The Bertz CT molecular complexity index is 116. The molecule has 1 heterocycles. The molecule has 0 bridgehead atoms. The lowest BCUT2D eigenvalue weighted by Gasteiger charge is -2.24. The highest BCUT2D eigenvalue weighted by Crippen LogP contribution is 2.18. The van der Waals surface area contributed by atoms with Crippen LogP contribution < -0.4 is 0 Å². The summed E-state index contributed by atoms with van der Waals surface area (Å²) in [6.07, 6.45) is 4.18. The molecule has 0 amide bonds. The topological polar surface area (TPSA) is 3.24 Å². The SMILES string of the molecule is CCC(C)C(C)CN1CCCC1. The molecule has 2 unspecified atom stereocenters. The Morgan fingerprint density at radius 1 is 1.08 bits per heavy atom. The van der Waals surface area contributed by atoms with Gasteiger partial charge in [-0.05, 0) is 37.8 Å². The number of likely N-dealkylation sites (tertiary alicyclic amines) is 1. The van der Waals surface area contributed by atoms with Crippen LogP contribution in [-0.4, -0.2) is 24.5 Å². The second kappa shape index (κ2) is 4.86. The summed E-state index contributed by atoms with van der Waals surface area (Å²) in [5, 5.41) is 0. The molecule has 1 aliphatic heterocycles. The molecule has 0 aromatic rings. The minimum absolute atomic E-state index is 0.882. The van der Waals surface area contributed by atoms with Crippen molar-refractivity contribution in [3.05, 3.63) is 0 Å². The molecule has 12 heavy (non-hydrogen) atoms. The molecule has 1 nitrogen and oxygen atoms in total. The van der Waals surface area contributed by atoms with E-state index >= 15 is 0 Å². The third-order valence-electron chi connectivity index (χ3n) is 3.36. The van der Waals surface area contributed by atoms with Gasteiger partial charge in [0, 0.05) is 6.54 Å². The molecule has 0 N–H and O–H groups in total. The molecular formula is C11H23N. The maximum atomic E-state index is 2.62. The second-order valence-corrected chi connectivity index (χ2v) is 4.37. The van der Waals surface area contributed by atoms with E-state index < -0.39 is 0 Å². The third-order valence-corrected chi connectivity index (χ3v) is 3.36. The van der Waals surface area contributed by atoms with Crippen molar-refractivity contribution in [2.45, 2.75) is 40.0 Å². The largest absolute Gasteiger partial charge is 0.303 e. The monoisotopic (exact) mass is 169 g/mol. The van der Waals surface area contributed by atoms with Crippen LogP contribution in [0.2, 0.25) is 0 Å². The average molecular weight is 169 g/mol. The molecule has 1 rings (SSSR count). The Hall–Kier alpha value is -0.0400. The summed E-state index contributed by atoms with van der Waals surface area (Å²) in [6, 6.07) is 0. The number of nitrogens with zero attached hydrogens (tertiary/aromatic N) is 1. The van der Waals surface area contributed by atoms with Gasteiger partial charge in [-0.3, -0.25) is 0 Å². The molecule has 1 saturated heterocycles. The molecule has 0 spiro atoms. The van der Waals surface area contributed by atoms with E-state index in [0.717, 1.165) is 11.8 Å². The fraction of sp³-hybridized carbons (Fsp3) is 1.00. The van der Waals surface area contributed by atoms with Crippen molar-refractivity contribution in [1.29, 1.82) is 0 Å². The van der Waals surface area contributed by atoms with E-state index in [1.54, 1.807) is 0 Å². The van der Waals surface area contributed by atoms with Gasteiger partial charge in [0.2, 0.25) is 0 Å². The van der Waals surface area contributed by atoms with E-state index in [1.165, 1.54) is 38.9 Å². The Labute approximate surface area is 77.1 Å². The van der Waals surface area contributed by atoms with Crippen molar-refractivity contribution in [1.82, 2.24) is 4.90 Å². The van der Waals surface area contributed by atoms with E-state index in [-0.39, 0.29) is 0 Å². The first kappa shape index (κ1) is 10.0. The summed E-state index contributed by atoms with van der Waals surface area (Å²) >= 11 is 0. The van der Waals surface area contributed by atoms with E-state index in [1.807, 2.05) is 0 Å². The van der Waals surface area contributed by atoms with Crippen LogP contribution in [0, 0.1) is 11.8 Å². The summed E-state index contributed by atoms with van der Waals surface area (Å²) in [5.41, 5.74) is 0. The van der Waals surface area contributed by atoms with Crippen molar-refractivity contribution in [2.24, 2.45) is 11.8 Å². The van der Waals surface area contributed by atoms with Crippen molar-refractivity contribution >= 4 is 0 Å². The number of hydrogen-bond donors (Lipinski definition) is 0. The summed E-state index contributed by atoms with van der Waals surface area (Å²) in [7, 11) is 0. The van der Waals surface area contributed by atoms with Crippen LogP contribution in [0.1, 0.15) is 40.0 Å². The van der Waals surface area contributed by atoms with Gasteiger partial charge < -0.3 is 4.90 Å². The van der Waals surface area contributed by atoms with E-state index in [0.29, 0.717) is 0 Å². The van der Waals surface area contributed by atoms with Crippen LogP contribution >= 0.6 is 0 Å². The lowest BCUT2D eigenvalue weighted by Crippen LogP contribution is -2.28. The zero-order valence-electron chi connectivity index (χ0n) is 8.84. The molecule has 0 aromatic heterocycles. The highest BCUT2D eigenvalue weighted by atomic mass is 15.1. The van der Waals surface area contributed by atoms with Crippen LogP contribution in [0.4, 0.5) is 0 Å². The molecule has 0 radical (unpaired) electrons. The van der Waals surface area contributed by atoms with Gasteiger partial charge in [-0.25, -0.2) is 0 Å². The molecule has 1 fully saturated rings. The highest BCUT2D eigenvalue weighted by molar-refractivity contribution is 4.71. The van der Waals surface area contributed by atoms with Crippen LogP contribution in [0.3, 0.4) is 0 Å². The predicted molar refractivity (Wildman–Crippen MR) is 54.3 cm³/mol. The van der Waals surface area contributed by atoms with Gasteiger partial charge in [-0.2, -0.15) is 0 Å². The van der Waals surface area contributed by atoms with Gasteiger partial charge >= 0.3 is 0 Å². The standard InChI is InChI=1S/C11H23N/c1-4-10(2)11(3)9-12-7-5-6-8-12/h10-11H,4-9H2,1-3H3. The fourth-order valence-corrected chi connectivity index (χ4v) is 1.95. The molecule has 0 aliphatic carbocycles. The smallest absolute Gasteiger partial charge is 0.000956 e. The van der Waals surface area contributed by atoms with E-state index in [4.69, 9.17) is 0 Å². The predicted octanol–water partition coefficient (Wildman–Crippen LogP) is 2.76. The first-order valence-electron chi connectivity index (χ1n) is 5.46. The van der Waals surface area contributed by atoms with Crippen LogP contribution in [0.5, 0.6) is 0 Å². The molecule has 2 atom stereocenters. The van der Waals surface area contributed by atoms with Crippen molar-refractivity contribution in [3.8, 4) is 0 Å². The maximum absolute atomic E-state index is 2.62. The Morgan fingerprint density at radius 2 is 1.67 bits per heavy atom. The first-order valence-corrected chi connectivity index (χ1v) is 5.46. The van der Waals surface area contributed by atoms with Gasteiger partial charge in [0.1, 0.15) is 0 Å². The van der Waals surface area contributed by atoms with Crippen LogP contribution in [0.25, 0.3) is 0 Å². The fourth-order valence-electron chi connectivity index (χ4n) is 1.95. The van der Waals surface area contributed by atoms with Gasteiger partial charge in [0.25, 0.3) is 0 Å². The van der Waals surface area contributed by atoms with Crippen LogP contribution in [-0.2, 0) is 0 Å². The second-order valence-electron chi connectivity index (χ2n) is 4.37. The first-order chi connectivity index (χ1) is 5.74. The minimum atomic E-state index is 0.882. The number of hydrogen-bond acceptors (Lipinski definition) is 1. The van der Waals surface area contributed by atoms with Crippen LogP contribution in [0.15, 0.2) is 0 Å². The normalized spacial score (nSPS) is 24.2. The van der Waals surface area contributed by atoms with Crippen molar-refractivity contribution in [2.75, 3.05) is 19.6 Å². The lowest BCUT2D eigenvalue weighted by atomic mass is 9.93. The van der Waals surface area contributed by atoms with Gasteiger partial charge in [-0.1, -0.05) is 27.2 Å². The third kappa shape index (κ3) is 2.78. The maximum Gasteiger partial charge on any atom is 0.000956 e. The highest BCUT2D eigenvalue weighted by Gasteiger charge is 2.17. The van der Waals surface area contributed by atoms with Crippen molar-refractivity contribution < 1.29 is 0 Å². The molecule has 1 heteroatoms. The number of rotatable bonds is 4. The Balaban J connectivity index is 2.19. The summed E-state index contributed by atoms with van der Waals surface area (Å²) in [4.78, 5) is 2.62. The van der Waals surface area contributed by atoms with Gasteiger partial charge in [-0.15, -0.1) is 0 Å². The minimum Gasteiger partial charge on any atom is -0.303 e. The van der Waals surface area contributed by atoms with Crippen molar-refractivity contribution in [3.63, 3.8) is 0 Å². The molecule has 72 valence electrons. The Morgan fingerprint density at radius 3 is 2.17 bits per heavy atom. The van der Waals surface area contributed by atoms with Gasteiger partial charge in [0.05, 0.1) is 0 Å². The summed E-state index contributed by atoms with van der Waals surface area (Å²) in [5.74, 6) is 1.78. The zero-order valence-corrected chi connectivity index (χ0v) is 8.84. The summed E-state index contributed by atoms with van der Waals surface area (Å²) in [6.45, 7) is 11.1. The average Bonchev–Trinajstić information content (AvgIpc) is 2.55. The lowest BCUT2D eigenvalue weighted by molar-refractivity contribution is 0.238. The van der Waals surface area contributed by atoms with E-state index in [2.05, 4.69) is 25.7 Å². The molecule has 0 saturated carbocycles.